The van der Waals surface area contributed by atoms with Crippen molar-refractivity contribution in [2.75, 3.05) is 12.3 Å². The molecule has 1 aliphatic heterocycles. The summed E-state index contributed by atoms with van der Waals surface area (Å²) >= 11 is 0. The van der Waals surface area contributed by atoms with E-state index in [1.165, 1.54) is 18.2 Å². The fraction of sp³-hybridized carbons (Fsp3) is 0.393. The molecule has 2 heterocycles. The number of aromatic nitrogens is 2. The summed E-state index contributed by atoms with van der Waals surface area (Å²) in [5, 5.41) is 7.44. The van der Waals surface area contributed by atoms with Gasteiger partial charge in [0, 0.05) is 25.1 Å². The van der Waals surface area contributed by atoms with Gasteiger partial charge in [-0.05, 0) is 60.6 Å². The zero-order valence-electron chi connectivity index (χ0n) is 21.2. The number of Topliss-reactive ketones (excluding diaryl/α,β-unsaturated/α-hetero) is 1. The molecule has 7 nitrogen and oxygen atoms in total. The molecule has 1 atom stereocenters. The van der Waals surface area contributed by atoms with Crippen molar-refractivity contribution in [3.63, 3.8) is 0 Å². The number of hydrogen-bond acceptors (Lipinski definition) is 5. The Labute approximate surface area is 218 Å². The molecule has 10 heteroatoms. The normalized spacial score (nSPS) is 18.9. The second-order valence-electron chi connectivity index (χ2n) is 10.7. The van der Waals surface area contributed by atoms with Crippen LogP contribution in [0, 0.1) is 5.41 Å². The zero-order valence-corrected chi connectivity index (χ0v) is 21.2. The number of rotatable bonds is 5. The van der Waals surface area contributed by atoms with Crippen LogP contribution in [0.3, 0.4) is 0 Å². The Bertz CT molecular complexity index is 1400. The van der Waals surface area contributed by atoms with E-state index in [1.54, 1.807) is 16.8 Å². The summed E-state index contributed by atoms with van der Waals surface area (Å²) in [5.74, 6) is -0.434. The molecule has 2 aromatic carbocycles. The van der Waals surface area contributed by atoms with Gasteiger partial charge in [0.25, 0.3) is 5.91 Å². The van der Waals surface area contributed by atoms with E-state index >= 15 is 0 Å². The van der Waals surface area contributed by atoms with Gasteiger partial charge >= 0.3 is 6.18 Å². The third-order valence-corrected chi connectivity index (χ3v) is 7.03. The van der Waals surface area contributed by atoms with Gasteiger partial charge in [0.1, 0.15) is 11.8 Å². The number of hydrogen-bond donors (Lipinski definition) is 2. The monoisotopic (exact) mass is 526 g/mol. The maximum Gasteiger partial charge on any atom is 0.416 e. The fourth-order valence-corrected chi connectivity index (χ4v) is 5.23. The third kappa shape index (κ3) is 5.05. The van der Waals surface area contributed by atoms with E-state index in [1.807, 2.05) is 13.8 Å². The van der Waals surface area contributed by atoms with E-state index in [4.69, 9.17) is 15.6 Å². The highest BCUT2D eigenvalue weighted by Gasteiger charge is 2.39. The number of fused-ring (bicyclic) bond motifs is 1. The molecule has 200 valence electrons. The number of nitrogens with one attached hydrogen (secondary N) is 1. The molecule has 3 N–H and O–H groups in total. The van der Waals surface area contributed by atoms with Gasteiger partial charge in [-0.15, -0.1) is 0 Å². The summed E-state index contributed by atoms with van der Waals surface area (Å²) in [4.78, 5) is 25.9. The lowest BCUT2D eigenvalue weighted by Crippen LogP contribution is -2.28. The molecule has 5 rings (SSSR count). The van der Waals surface area contributed by atoms with Gasteiger partial charge < -0.3 is 15.8 Å². The first-order valence-electron chi connectivity index (χ1n) is 12.5. The SMILES string of the molecule is CC1(C)CC(=O)c2c(C3CCCO3)nn(-c3ccc(C(=O)NCc4cccc(C(F)(F)F)c4)cc3N)c2C1. The van der Waals surface area contributed by atoms with Gasteiger partial charge in [-0.2, -0.15) is 18.3 Å². The van der Waals surface area contributed by atoms with Crippen molar-refractivity contribution in [3.8, 4) is 5.69 Å². The van der Waals surface area contributed by atoms with Gasteiger partial charge in [-0.3, -0.25) is 9.59 Å². The van der Waals surface area contributed by atoms with Crippen LogP contribution >= 0.6 is 0 Å². The largest absolute Gasteiger partial charge is 0.416 e. The summed E-state index contributed by atoms with van der Waals surface area (Å²) < 4.78 is 46.5. The first-order valence-corrected chi connectivity index (χ1v) is 12.5. The minimum absolute atomic E-state index is 0.0390. The number of carbonyl (C=O) groups is 2. The predicted molar refractivity (Wildman–Crippen MR) is 135 cm³/mol. The minimum atomic E-state index is -4.46. The summed E-state index contributed by atoms with van der Waals surface area (Å²) in [6, 6.07) is 9.58. The zero-order chi connectivity index (χ0) is 27.2. The Morgan fingerprint density at radius 1 is 1.21 bits per heavy atom. The van der Waals surface area contributed by atoms with Crippen LogP contribution in [0.1, 0.15) is 82.4 Å². The maximum atomic E-state index is 13.2. The molecule has 0 radical (unpaired) electrons. The summed E-state index contributed by atoms with van der Waals surface area (Å²) in [7, 11) is 0. The maximum absolute atomic E-state index is 13.2. The third-order valence-electron chi connectivity index (χ3n) is 7.03. The van der Waals surface area contributed by atoms with Crippen LogP contribution < -0.4 is 11.1 Å². The van der Waals surface area contributed by atoms with E-state index in [0.29, 0.717) is 42.0 Å². The lowest BCUT2D eigenvalue weighted by Gasteiger charge is -2.29. The molecule has 1 saturated heterocycles. The number of nitrogens with two attached hydrogens (primary N) is 1. The highest BCUT2D eigenvalue weighted by Crippen LogP contribution is 2.41. The van der Waals surface area contributed by atoms with Crippen molar-refractivity contribution in [2.24, 2.45) is 5.41 Å². The topological polar surface area (TPSA) is 99.2 Å². The van der Waals surface area contributed by atoms with E-state index < -0.39 is 17.6 Å². The van der Waals surface area contributed by atoms with Crippen molar-refractivity contribution in [1.29, 1.82) is 0 Å². The molecule has 1 fully saturated rings. The number of ketones is 1. The molecule has 0 saturated carbocycles. The number of halogens is 3. The van der Waals surface area contributed by atoms with Crippen molar-refractivity contribution >= 4 is 17.4 Å². The highest BCUT2D eigenvalue weighted by atomic mass is 19.4. The Morgan fingerprint density at radius 2 is 2.00 bits per heavy atom. The molecule has 1 aliphatic carbocycles. The van der Waals surface area contributed by atoms with E-state index in [0.717, 1.165) is 30.7 Å². The number of benzene rings is 2. The fourth-order valence-electron chi connectivity index (χ4n) is 5.23. The molecule has 1 amide bonds. The van der Waals surface area contributed by atoms with E-state index in [-0.39, 0.29) is 35.1 Å². The molecular weight excluding hydrogens is 497 g/mol. The van der Waals surface area contributed by atoms with Crippen LogP contribution in [-0.2, 0) is 23.9 Å². The quantitative estimate of drug-likeness (QED) is 0.433. The summed E-state index contributed by atoms with van der Waals surface area (Å²) in [6.07, 6.45) is -1.95. The van der Waals surface area contributed by atoms with Crippen LogP contribution in [0.4, 0.5) is 18.9 Å². The van der Waals surface area contributed by atoms with Gasteiger partial charge in [-0.1, -0.05) is 26.0 Å². The lowest BCUT2D eigenvalue weighted by atomic mass is 9.75. The number of amides is 1. The number of nitrogen functional groups attached to an aromatic ring is 1. The van der Waals surface area contributed by atoms with Gasteiger partial charge in [0.2, 0.25) is 0 Å². The summed E-state index contributed by atoms with van der Waals surface area (Å²) in [5.41, 5.74) is 8.82. The molecule has 0 bridgehead atoms. The minimum Gasteiger partial charge on any atom is -0.397 e. The van der Waals surface area contributed by atoms with Crippen LogP contribution in [0.25, 0.3) is 5.69 Å². The second kappa shape index (κ2) is 9.58. The van der Waals surface area contributed by atoms with Crippen LogP contribution in [0.15, 0.2) is 42.5 Å². The summed E-state index contributed by atoms with van der Waals surface area (Å²) in [6.45, 7) is 4.63. The van der Waals surface area contributed by atoms with Gasteiger partial charge in [-0.25, -0.2) is 4.68 Å². The van der Waals surface area contributed by atoms with Crippen molar-refractivity contribution in [3.05, 3.63) is 76.1 Å². The molecule has 1 unspecified atom stereocenters. The second-order valence-corrected chi connectivity index (χ2v) is 10.7. The first kappa shape index (κ1) is 26.0. The van der Waals surface area contributed by atoms with E-state index in [9.17, 15) is 22.8 Å². The molecule has 0 spiro atoms. The van der Waals surface area contributed by atoms with Crippen molar-refractivity contribution in [2.45, 2.75) is 58.4 Å². The number of anilines is 1. The standard InChI is InChI=1S/C28H29F3N4O3/c1-27(2)13-21-24(22(36)14-27)25(23-7-4-10-38-23)34-35(21)20-9-8-17(12-19(20)32)26(37)33-15-16-5-3-6-18(11-16)28(29,30)31/h3,5-6,8-9,11-12,23H,4,7,10,13-15,32H2,1-2H3,(H,33,37). The Balaban J connectivity index is 1.41. The van der Waals surface area contributed by atoms with Gasteiger partial charge in [0.05, 0.1) is 28.2 Å². The lowest BCUT2D eigenvalue weighted by molar-refractivity contribution is -0.137. The Kier molecular flexibility index (Phi) is 6.54. The van der Waals surface area contributed by atoms with E-state index in [2.05, 4.69) is 5.32 Å². The van der Waals surface area contributed by atoms with Crippen molar-refractivity contribution in [1.82, 2.24) is 15.1 Å². The molecule has 1 aromatic heterocycles. The smallest absolute Gasteiger partial charge is 0.397 e. The predicted octanol–water partition coefficient (Wildman–Crippen LogP) is 5.41. The van der Waals surface area contributed by atoms with Crippen LogP contribution in [0.5, 0.6) is 0 Å². The highest BCUT2D eigenvalue weighted by molar-refractivity contribution is 6.00. The molecule has 2 aliphatic rings. The number of alkyl halides is 3. The number of nitrogens with zero attached hydrogens (tertiary/aromatic N) is 2. The molecule has 38 heavy (non-hydrogen) atoms. The Morgan fingerprint density at radius 3 is 2.68 bits per heavy atom. The molecule has 3 aromatic rings. The average Bonchev–Trinajstić information content (AvgIpc) is 3.50. The Hall–Kier alpha value is -3.66. The molecular formula is C28H29F3N4O3. The van der Waals surface area contributed by atoms with Gasteiger partial charge in [0.15, 0.2) is 5.78 Å². The number of ether oxygens (including phenoxy) is 1. The number of carbonyl (C=O) groups excluding carboxylic acids is 2. The average molecular weight is 527 g/mol. The first-order chi connectivity index (χ1) is 17.9. The van der Waals surface area contributed by atoms with Crippen LogP contribution in [-0.4, -0.2) is 28.1 Å². The van der Waals surface area contributed by atoms with Crippen molar-refractivity contribution < 1.29 is 27.5 Å². The van der Waals surface area contributed by atoms with Crippen LogP contribution in [0.2, 0.25) is 0 Å².